The lowest BCUT2D eigenvalue weighted by molar-refractivity contribution is 0.278. The second-order valence-corrected chi connectivity index (χ2v) is 9.37. The van der Waals surface area contributed by atoms with Crippen molar-refractivity contribution in [2.24, 2.45) is 10.9 Å². The zero-order chi connectivity index (χ0) is 21.2. The molecule has 2 heterocycles. The van der Waals surface area contributed by atoms with Crippen molar-refractivity contribution >= 4 is 16.0 Å². The molecule has 0 unspecified atom stereocenters. The maximum Gasteiger partial charge on any atom is 0.243 e. The third-order valence-corrected chi connectivity index (χ3v) is 7.13. The Morgan fingerprint density at radius 2 is 1.93 bits per heavy atom. The van der Waals surface area contributed by atoms with Gasteiger partial charge < -0.3 is 10.6 Å². The first kappa shape index (κ1) is 22.3. The second-order valence-electron chi connectivity index (χ2n) is 7.43. The van der Waals surface area contributed by atoms with Crippen molar-refractivity contribution in [2.75, 3.05) is 32.7 Å². The molecule has 0 saturated carbocycles. The normalized spacial score (nSPS) is 16.5. The number of benzene rings is 1. The van der Waals surface area contributed by atoms with Gasteiger partial charge in [-0.1, -0.05) is 18.2 Å². The van der Waals surface area contributed by atoms with E-state index in [0.717, 1.165) is 44.9 Å². The molecule has 9 heteroatoms. The van der Waals surface area contributed by atoms with Gasteiger partial charge in [0.1, 0.15) is 0 Å². The average molecular weight is 433 g/mol. The van der Waals surface area contributed by atoms with E-state index >= 15 is 0 Å². The topological polar surface area (TPSA) is 91.6 Å². The molecule has 30 heavy (non-hydrogen) atoms. The smallest absolute Gasteiger partial charge is 0.243 e. The first-order chi connectivity index (χ1) is 14.6. The van der Waals surface area contributed by atoms with Crippen LogP contribution in [0.1, 0.15) is 26.2 Å². The van der Waals surface area contributed by atoms with Crippen LogP contribution in [0.25, 0.3) is 0 Å². The average Bonchev–Trinajstić information content (AvgIpc) is 3.29. The molecule has 1 aromatic carbocycles. The maximum absolute atomic E-state index is 12.7. The second kappa shape index (κ2) is 11.1. The number of aromatic nitrogens is 2. The minimum atomic E-state index is -3.39. The molecule has 164 valence electrons. The van der Waals surface area contributed by atoms with Crippen molar-refractivity contribution in [3.63, 3.8) is 0 Å². The summed E-state index contributed by atoms with van der Waals surface area (Å²) in [5, 5.41) is 10.9. The van der Waals surface area contributed by atoms with E-state index < -0.39 is 10.0 Å². The number of hydrogen-bond donors (Lipinski definition) is 2. The van der Waals surface area contributed by atoms with Gasteiger partial charge in [-0.05, 0) is 50.3 Å². The number of aryl methyl sites for hydroxylation is 1. The Balaban J connectivity index is 1.44. The van der Waals surface area contributed by atoms with Crippen LogP contribution in [0.3, 0.4) is 0 Å². The zero-order valence-corrected chi connectivity index (χ0v) is 18.4. The molecule has 0 amide bonds. The van der Waals surface area contributed by atoms with Crippen LogP contribution in [-0.4, -0.2) is 61.2 Å². The predicted octanol–water partition coefficient (Wildman–Crippen LogP) is 1.93. The fourth-order valence-electron chi connectivity index (χ4n) is 3.52. The molecule has 1 saturated heterocycles. The highest BCUT2D eigenvalue weighted by Crippen LogP contribution is 2.23. The van der Waals surface area contributed by atoms with Crippen molar-refractivity contribution in [1.82, 2.24) is 24.7 Å². The number of sulfonamides is 1. The molecular weight excluding hydrogens is 400 g/mol. The van der Waals surface area contributed by atoms with Crippen molar-refractivity contribution in [1.29, 1.82) is 0 Å². The molecule has 0 atom stereocenters. The first-order valence-corrected chi connectivity index (χ1v) is 12.1. The summed E-state index contributed by atoms with van der Waals surface area (Å²) in [5.41, 5.74) is 0. The summed E-state index contributed by atoms with van der Waals surface area (Å²) in [6.45, 7) is 6.34. The molecule has 2 N–H and O–H groups in total. The summed E-state index contributed by atoms with van der Waals surface area (Å²) in [6, 6.07) is 10.6. The summed E-state index contributed by atoms with van der Waals surface area (Å²) in [4.78, 5) is 5.09. The highest BCUT2D eigenvalue weighted by Gasteiger charge is 2.29. The standard InChI is InChI=1S/C21H32N6O2S/c1-2-22-21(23-12-6-14-26-15-7-13-25-26)24-18-19-10-16-27(17-11-19)30(28,29)20-8-4-3-5-9-20/h3-5,7-9,13,15,19H,2,6,10-12,14,16-18H2,1H3,(H2,22,23,24). The quantitative estimate of drug-likeness (QED) is 0.359. The minimum absolute atomic E-state index is 0.371. The molecule has 1 aliphatic rings. The van der Waals surface area contributed by atoms with E-state index in [2.05, 4.69) is 15.7 Å². The van der Waals surface area contributed by atoms with Crippen LogP contribution in [0.5, 0.6) is 0 Å². The van der Waals surface area contributed by atoms with Gasteiger partial charge in [0, 0.05) is 51.7 Å². The number of nitrogens with one attached hydrogen (secondary N) is 2. The summed E-state index contributed by atoms with van der Waals surface area (Å²) in [7, 11) is -3.39. The Bertz CT molecular complexity index is 875. The molecule has 0 spiro atoms. The van der Waals surface area contributed by atoms with E-state index in [-0.39, 0.29) is 0 Å². The minimum Gasteiger partial charge on any atom is -0.357 e. The van der Waals surface area contributed by atoms with Crippen LogP contribution in [0.2, 0.25) is 0 Å². The van der Waals surface area contributed by atoms with E-state index in [1.807, 2.05) is 29.9 Å². The lowest BCUT2D eigenvalue weighted by Gasteiger charge is -2.30. The summed E-state index contributed by atoms with van der Waals surface area (Å²) in [5.74, 6) is 1.21. The molecule has 3 rings (SSSR count). The molecule has 0 bridgehead atoms. The van der Waals surface area contributed by atoms with Crippen molar-refractivity contribution in [2.45, 2.75) is 37.6 Å². The van der Waals surface area contributed by atoms with Crippen LogP contribution in [0.15, 0.2) is 58.7 Å². The van der Waals surface area contributed by atoms with Crippen molar-refractivity contribution in [3.05, 3.63) is 48.8 Å². The fraction of sp³-hybridized carbons (Fsp3) is 0.524. The van der Waals surface area contributed by atoms with E-state index in [4.69, 9.17) is 4.99 Å². The molecule has 8 nitrogen and oxygen atoms in total. The van der Waals surface area contributed by atoms with Crippen LogP contribution in [-0.2, 0) is 16.6 Å². The Labute approximate surface area is 179 Å². The van der Waals surface area contributed by atoms with Gasteiger partial charge >= 0.3 is 0 Å². The largest absolute Gasteiger partial charge is 0.357 e. The number of nitrogens with zero attached hydrogens (tertiary/aromatic N) is 4. The molecule has 2 aromatic rings. The summed E-state index contributed by atoms with van der Waals surface area (Å²) in [6.07, 6.45) is 6.36. The van der Waals surface area contributed by atoms with E-state index in [1.54, 1.807) is 34.8 Å². The third kappa shape index (κ3) is 6.30. The molecule has 1 aliphatic heterocycles. The van der Waals surface area contributed by atoms with Gasteiger partial charge in [0.05, 0.1) is 4.90 Å². The number of piperidine rings is 1. The Hall–Kier alpha value is -2.39. The highest BCUT2D eigenvalue weighted by molar-refractivity contribution is 7.89. The molecule has 0 aliphatic carbocycles. The van der Waals surface area contributed by atoms with Gasteiger partial charge in [0.15, 0.2) is 5.96 Å². The SMILES string of the molecule is CCNC(=NCC1CCN(S(=O)(=O)c2ccccc2)CC1)NCCCn1cccn1. The number of aliphatic imine (C=N–C) groups is 1. The number of hydrogen-bond acceptors (Lipinski definition) is 4. The fourth-order valence-corrected chi connectivity index (χ4v) is 5.01. The van der Waals surface area contributed by atoms with E-state index in [1.165, 1.54) is 0 Å². The van der Waals surface area contributed by atoms with Gasteiger partial charge in [-0.2, -0.15) is 9.40 Å². The monoisotopic (exact) mass is 432 g/mol. The molecular formula is C21H32N6O2S. The predicted molar refractivity (Wildman–Crippen MR) is 119 cm³/mol. The lowest BCUT2D eigenvalue weighted by Crippen LogP contribution is -2.40. The molecule has 1 fully saturated rings. The third-order valence-electron chi connectivity index (χ3n) is 5.22. The van der Waals surface area contributed by atoms with Gasteiger partial charge in [-0.25, -0.2) is 8.42 Å². The van der Waals surface area contributed by atoms with Crippen LogP contribution >= 0.6 is 0 Å². The van der Waals surface area contributed by atoms with Crippen molar-refractivity contribution < 1.29 is 8.42 Å². The van der Waals surface area contributed by atoms with Crippen LogP contribution in [0.4, 0.5) is 0 Å². The zero-order valence-electron chi connectivity index (χ0n) is 17.6. The van der Waals surface area contributed by atoms with Gasteiger partial charge in [-0.3, -0.25) is 9.67 Å². The molecule has 1 aromatic heterocycles. The maximum atomic E-state index is 12.7. The number of guanidine groups is 1. The summed E-state index contributed by atoms with van der Waals surface area (Å²) < 4.78 is 29.0. The van der Waals surface area contributed by atoms with Gasteiger partial charge in [-0.15, -0.1) is 0 Å². The highest BCUT2D eigenvalue weighted by atomic mass is 32.2. The lowest BCUT2D eigenvalue weighted by atomic mass is 9.98. The first-order valence-electron chi connectivity index (χ1n) is 10.6. The van der Waals surface area contributed by atoms with Crippen LogP contribution < -0.4 is 10.6 Å². The Kier molecular flexibility index (Phi) is 8.27. The van der Waals surface area contributed by atoms with E-state index in [0.29, 0.717) is 30.4 Å². The molecule has 0 radical (unpaired) electrons. The van der Waals surface area contributed by atoms with Gasteiger partial charge in [0.2, 0.25) is 10.0 Å². The Morgan fingerprint density at radius 3 is 2.60 bits per heavy atom. The Morgan fingerprint density at radius 1 is 1.17 bits per heavy atom. The number of rotatable bonds is 9. The van der Waals surface area contributed by atoms with Crippen LogP contribution in [0, 0.1) is 5.92 Å². The van der Waals surface area contributed by atoms with Gasteiger partial charge in [0.25, 0.3) is 0 Å². The van der Waals surface area contributed by atoms with Crippen molar-refractivity contribution in [3.8, 4) is 0 Å². The van der Waals surface area contributed by atoms with E-state index in [9.17, 15) is 8.42 Å². The summed E-state index contributed by atoms with van der Waals surface area (Å²) >= 11 is 0.